The first-order valence-corrected chi connectivity index (χ1v) is 5.68. The first kappa shape index (κ1) is 11.7. The molecule has 0 atom stereocenters. The highest BCUT2D eigenvalue weighted by molar-refractivity contribution is 5.34. The molecule has 2 aromatic carbocycles. The maximum absolute atomic E-state index is 6.02. The van der Waals surface area contributed by atoms with Gasteiger partial charge in [0.2, 0.25) is 0 Å². The molecule has 0 aliphatic rings. The molecule has 0 aliphatic carbocycles. The van der Waals surface area contributed by atoms with Crippen molar-refractivity contribution in [3.63, 3.8) is 0 Å². The Bertz CT molecular complexity index is 469. The molecule has 0 amide bonds. The van der Waals surface area contributed by atoms with Gasteiger partial charge >= 0.3 is 0 Å². The molecule has 0 bridgehead atoms. The van der Waals surface area contributed by atoms with Crippen LogP contribution in [0.15, 0.2) is 54.6 Å². The van der Waals surface area contributed by atoms with E-state index in [4.69, 9.17) is 10.5 Å². The Balaban J connectivity index is 2.14. The summed E-state index contributed by atoms with van der Waals surface area (Å²) < 4.78 is 5.71. The van der Waals surface area contributed by atoms with Crippen molar-refractivity contribution in [3.8, 4) is 11.5 Å². The van der Waals surface area contributed by atoms with Crippen molar-refractivity contribution in [3.05, 3.63) is 60.2 Å². The van der Waals surface area contributed by atoms with Crippen LogP contribution in [0.1, 0.15) is 19.4 Å². The highest BCUT2D eigenvalue weighted by Crippen LogP contribution is 2.24. The zero-order valence-corrected chi connectivity index (χ0v) is 10.2. The van der Waals surface area contributed by atoms with Crippen LogP contribution < -0.4 is 10.5 Å². The Morgan fingerprint density at radius 3 is 1.88 bits per heavy atom. The average molecular weight is 227 g/mol. The Labute approximate surface area is 102 Å². The maximum atomic E-state index is 6.02. The van der Waals surface area contributed by atoms with Gasteiger partial charge in [0, 0.05) is 5.54 Å². The second-order valence-electron chi connectivity index (χ2n) is 4.66. The van der Waals surface area contributed by atoms with Crippen LogP contribution >= 0.6 is 0 Å². The van der Waals surface area contributed by atoms with Crippen LogP contribution in [0.2, 0.25) is 0 Å². The van der Waals surface area contributed by atoms with E-state index < -0.39 is 0 Å². The summed E-state index contributed by atoms with van der Waals surface area (Å²) in [6.45, 7) is 3.97. The van der Waals surface area contributed by atoms with E-state index >= 15 is 0 Å². The molecule has 2 heteroatoms. The normalized spacial score (nSPS) is 11.2. The minimum atomic E-state index is -0.314. The number of hydrogen-bond donors (Lipinski definition) is 1. The van der Waals surface area contributed by atoms with Crippen molar-refractivity contribution >= 4 is 0 Å². The average Bonchev–Trinajstić information content (AvgIpc) is 2.30. The molecule has 0 saturated carbocycles. The Morgan fingerprint density at radius 1 is 0.824 bits per heavy atom. The standard InChI is InChI=1S/C15H17NO/c1-15(2,16)12-8-10-14(11-9-12)17-13-6-4-3-5-7-13/h3-11H,16H2,1-2H3. The van der Waals surface area contributed by atoms with Gasteiger partial charge in [0.05, 0.1) is 0 Å². The number of para-hydroxylation sites is 1. The third kappa shape index (κ3) is 3.08. The van der Waals surface area contributed by atoms with Gasteiger partial charge in [-0.3, -0.25) is 0 Å². The zero-order valence-electron chi connectivity index (χ0n) is 10.2. The summed E-state index contributed by atoms with van der Waals surface area (Å²) in [6, 6.07) is 17.6. The molecule has 2 N–H and O–H groups in total. The third-order valence-electron chi connectivity index (χ3n) is 2.58. The Hall–Kier alpha value is -1.80. The summed E-state index contributed by atoms with van der Waals surface area (Å²) in [5.74, 6) is 1.66. The van der Waals surface area contributed by atoms with Crippen molar-refractivity contribution in [1.82, 2.24) is 0 Å². The van der Waals surface area contributed by atoms with E-state index in [1.54, 1.807) is 0 Å². The van der Waals surface area contributed by atoms with Crippen molar-refractivity contribution in [2.75, 3.05) is 0 Å². The summed E-state index contributed by atoms with van der Waals surface area (Å²) >= 11 is 0. The largest absolute Gasteiger partial charge is 0.457 e. The molecule has 0 fully saturated rings. The maximum Gasteiger partial charge on any atom is 0.127 e. The van der Waals surface area contributed by atoms with Crippen LogP contribution in [-0.4, -0.2) is 0 Å². The van der Waals surface area contributed by atoms with Gasteiger partial charge in [-0.2, -0.15) is 0 Å². The van der Waals surface area contributed by atoms with Gasteiger partial charge in [-0.25, -0.2) is 0 Å². The van der Waals surface area contributed by atoms with E-state index in [1.165, 1.54) is 0 Å². The number of nitrogens with two attached hydrogens (primary N) is 1. The van der Waals surface area contributed by atoms with E-state index in [9.17, 15) is 0 Å². The second kappa shape index (κ2) is 4.60. The predicted molar refractivity (Wildman–Crippen MR) is 70.2 cm³/mol. The van der Waals surface area contributed by atoms with E-state index in [2.05, 4.69) is 0 Å². The molecule has 0 radical (unpaired) electrons. The fourth-order valence-corrected chi connectivity index (χ4v) is 1.58. The minimum Gasteiger partial charge on any atom is -0.457 e. The van der Waals surface area contributed by atoms with Crippen LogP contribution in [0, 0.1) is 0 Å². The highest BCUT2D eigenvalue weighted by atomic mass is 16.5. The molecule has 0 unspecified atom stereocenters. The number of ether oxygens (including phenoxy) is 1. The van der Waals surface area contributed by atoms with Crippen molar-refractivity contribution in [2.45, 2.75) is 19.4 Å². The van der Waals surface area contributed by atoms with Gasteiger partial charge in [-0.1, -0.05) is 30.3 Å². The van der Waals surface area contributed by atoms with E-state index in [1.807, 2.05) is 68.4 Å². The Kier molecular flexibility index (Phi) is 3.16. The third-order valence-corrected chi connectivity index (χ3v) is 2.58. The topological polar surface area (TPSA) is 35.2 Å². The van der Waals surface area contributed by atoms with Crippen LogP contribution in [-0.2, 0) is 5.54 Å². The second-order valence-corrected chi connectivity index (χ2v) is 4.66. The lowest BCUT2D eigenvalue weighted by molar-refractivity contribution is 0.481. The summed E-state index contributed by atoms with van der Waals surface area (Å²) in [5.41, 5.74) is 6.80. The van der Waals surface area contributed by atoms with Crippen molar-refractivity contribution < 1.29 is 4.74 Å². The fraction of sp³-hybridized carbons (Fsp3) is 0.200. The summed E-state index contributed by atoms with van der Waals surface area (Å²) in [7, 11) is 0. The summed E-state index contributed by atoms with van der Waals surface area (Å²) in [5, 5.41) is 0. The van der Waals surface area contributed by atoms with Crippen LogP contribution in [0.3, 0.4) is 0 Å². The molecule has 2 rings (SSSR count). The molecular formula is C15H17NO. The molecule has 0 saturated heterocycles. The minimum absolute atomic E-state index is 0.314. The quantitative estimate of drug-likeness (QED) is 0.868. The molecule has 88 valence electrons. The SMILES string of the molecule is CC(C)(N)c1ccc(Oc2ccccc2)cc1. The van der Waals surface area contributed by atoms with Crippen LogP contribution in [0.5, 0.6) is 11.5 Å². The first-order valence-electron chi connectivity index (χ1n) is 5.68. The predicted octanol–water partition coefficient (Wildman–Crippen LogP) is 3.67. The summed E-state index contributed by atoms with van der Waals surface area (Å²) in [4.78, 5) is 0. The van der Waals surface area contributed by atoms with Gasteiger partial charge in [0.15, 0.2) is 0 Å². The highest BCUT2D eigenvalue weighted by Gasteiger charge is 2.13. The number of hydrogen-bond acceptors (Lipinski definition) is 2. The van der Waals surface area contributed by atoms with Gasteiger partial charge in [-0.15, -0.1) is 0 Å². The molecule has 2 aromatic rings. The molecule has 0 aromatic heterocycles. The van der Waals surface area contributed by atoms with Gasteiger partial charge in [-0.05, 0) is 43.7 Å². The lowest BCUT2D eigenvalue weighted by Gasteiger charge is -2.19. The first-order chi connectivity index (χ1) is 8.05. The van der Waals surface area contributed by atoms with Crippen LogP contribution in [0.4, 0.5) is 0 Å². The number of rotatable bonds is 3. The van der Waals surface area contributed by atoms with Crippen molar-refractivity contribution in [1.29, 1.82) is 0 Å². The van der Waals surface area contributed by atoms with E-state index in [0.717, 1.165) is 17.1 Å². The van der Waals surface area contributed by atoms with Crippen LogP contribution in [0.25, 0.3) is 0 Å². The molecule has 0 spiro atoms. The monoisotopic (exact) mass is 227 g/mol. The van der Waals surface area contributed by atoms with Gasteiger partial charge in [0.1, 0.15) is 11.5 Å². The molecule has 0 aliphatic heterocycles. The molecule has 0 heterocycles. The zero-order chi connectivity index (χ0) is 12.3. The van der Waals surface area contributed by atoms with Gasteiger partial charge < -0.3 is 10.5 Å². The smallest absolute Gasteiger partial charge is 0.127 e. The summed E-state index contributed by atoms with van der Waals surface area (Å²) in [6.07, 6.45) is 0. The molecule has 2 nitrogen and oxygen atoms in total. The Morgan fingerprint density at radius 2 is 1.35 bits per heavy atom. The van der Waals surface area contributed by atoms with E-state index in [-0.39, 0.29) is 5.54 Å². The molecule has 17 heavy (non-hydrogen) atoms. The number of benzene rings is 2. The lowest BCUT2D eigenvalue weighted by Crippen LogP contribution is -2.28. The fourth-order valence-electron chi connectivity index (χ4n) is 1.58. The lowest BCUT2D eigenvalue weighted by atomic mass is 9.96. The van der Waals surface area contributed by atoms with Gasteiger partial charge in [0.25, 0.3) is 0 Å². The molecular weight excluding hydrogens is 210 g/mol. The van der Waals surface area contributed by atoms with Crippen molar-refractivity contribution in [2.24, 2.45) is 5.73 Å². The van der Waals surface area contributed by atoms with E-state index in [0.29, 0.717) is 0 Å².